The Bertz CT molecular complexity index is 549. The number of nitrogens with zero attached hydrogens (tertiary/aromatic N) is 1. The largest absolute Gasteiger partial charge is 0.493 e. The number of nitrogen functional groups attached to an aromatic ring is 1. The minimum atomic E-state index is 0.341. The SMILES string of the molecule is CCc1cc(OC)c(OC)c(-c2cc(N)no2)c1. The first kappa shape index (κ1) is 12.3. The number of anilines is 1. The van der Waals surface area contributed by atoms with Crippen LogP contribution in [0.1, 0.15) is 12.5 Å². The Labute approximate surface area is 105 Å². The van der Waals surface area contributed by atoms with Crippen LogP contribution in [0.15, 0.2) is 22.7 Å². The quantitative estimate of drug-likeness (QED) is 0.900. The second-order valence-corrected chi connectivity index (χ2v) is 3.85. The number of nitrogens with two attached hydrogens (primary N) is 1. The van der Waals surface area contributed by atoms with Crippen LogP contribution < -0.4 is 15.2 Å². The van der Waals surface area contributed by atoms with Gasteiger partial charge in [0.15, 0.2) is 23.1 Å². The summed E-state index contributed by atoms with van der Waals surface area (Å²) < 4.78 is 15.9. The molecule has 2 aromatic rings. The first-order valence-corrected chi connectivity index (χ1v) is 5.67. The molecule has 2 rings (SSSR count). The van der Waals surface area contributed by atoms with Gasteiger partial charge in [-0.3, -0.25) is 0 Å². The summed E-state index contributed by atoms with van der Waals surface area (Å²) in [5.41, 5.74) is 7.48. The molecule has 0 atom stereocenters. The number of rotatable bonds is 4. The number of aryl methyl sites for hydroxylation is 1. The molecule has 1 heterocycles. The molecule has 0 aliphatic rings. The third-order valence-electron chi connectivity index (χ3n) is 2.74. The molecule has 0 aliphatic heterocycles. The summed E-state index contributed by atoms with van der Waals surface area (Å²) in [5, 5.41) is 3.69. The third kappa shape index (κ3) is 2.11. The van der Waals surface area contributed by atoms with Crippen molar-refractivity contribution in [3.05, 3.63) is 23.8 Å². The summed E-state index contributed by atoms with van der Waals surface area (Å²) in [6.45, 7) is 2.07. The maximum absolute atomic E-state index is 5.57. The molecule has 0 saturated heterocycles. The van der Waals surface area contributed by atoms with E-state index >= 15 is 0 Å². The van der Waals surface area contributed by atoms with Gasteiger partial charge in [-0.1, -0.05) is 12.1 Å². The molecule has 0 fully saturated rings. The first-order chi connectivity index (χ1) is 8.69. The standard InChI is InChI=1S/C13H16N2O3/c1-4-8-5-9(10-7-12(14)15-18-10)13(17-3)11(6-8)16-2/h5-7H,4H2,1-3H3,(H2,14,15). The van der Waals surface area contributed by atoms with E-state index in [1.165, 1.54) is 0 Å². The van der Waals surface area contributed by atoms with Gasteiger partial charge in [-0.15, -0.1) is 0 Å². The summed E-state index contributed by atoms with van der Waals surface area (Å²) in [7, 11) is 3.20. The van der Waals surface area contributed by atoms with Gasteiger partial charge in [0.2, 0.25) is 0 Å². The zero-order valence-electron chi connectivity index (χ0n) is 10.7. The van der Waals surface area contributed by atoms with E-state index in [0.717, 1.165) is 17.5 Å². The van der Waals surface area contributed by atoms with E-state index in [4.69, 9.17) is 19.7 Å². The summed E-state index contributed by atoms with van der Waals surface area (Å²) in [6.07, 6.45) is 0.886. The molecule has 0 amide bonds. The molecule has 0 unspecified atom stereocenters. The summed E-state index contributed by atoms with van der Waals surface area (Å²) in [4.78, 5) is 0. The average Bonchev–Trinajstić information content (AvgIpc) is 2.83. The Balaban J connectivity index is 2.63. The van der Waals surface area contributed by atoms with Crippen LogP contribution in [0.4, 0.5) is 5.82 Å². The Morgan fingerprint density at radius 3 is 2.50 bits per heavy atom. The number of benzene rings is 1. The first-order valence-electron chi connectivity index (χ1n) is 5.67. The van der Waals surface area contributed by atoms with Gasteiger partial charge in [-0.25, -0.2) is 0 Å². The zero-order chi connectivity index (χ0) is 13.1. The minimum Gasteiger partial charge on any atom is -0.493 e. The topological polar surface area (TPSA) is 70.5 Å². The highest BCUT2D eigenvalue weighted by Crippen LogP contribution is 2.39. The molecular formula is C13H16N2O3. The number of ether oxygens (including phenoxy) is 2. The van der Waals surface area contributed by atoms with Gasteiger partial charge < -0.3 is 19.7 Å². The van der Waals surface area contributed by atoms with E-state index in [9.17, 15) is 0 Å². The fourth-order valence-electron chi connectivity index (χ4n) is 1.82. The predicted molar refractivity (Wildman–Crippen MR) is 68.8 cm³/mol. The lowest BCUT2D eigenvalue weighted by Crippen LogP contribution is -1.95. The molecule has 1 aromatic heterocycles. The van der Waals surface area contributed by atoms with Gasteiger partial charge in [0.05, 0.1) is 19.8 Å². The molecule has 18 heavy (non-hydrogen) atoms. The van der Waals surface area contributed by atoms with Crippen molar-refractivity contribution in [3.8, 4) is 22.8 Å². The van der Waals surface area contributed by atoms with E-state index in [-0.39, 0.29) is 0 Å². The molecule has 2 N–H and O–H groups in total. The lowest BCUT2D eigenvalue weighted by molar-refractivity contribution is 0.353. The normalized spacial score (nSPS) is 10.4. The highest BCUT2D eigenvalue weighted by Gasteiger charge is 2.17. The van der Waals surface area contributed by atoms with Crippen LogP contribution >= 0.6 is 0 Å². The highest BCUT2D eigenvalue weighted by atomic mass is 16.5. The summed E-state index contributed by atoms with van der Waals surface area (Å²) in [6, 6.07) is 5.60. The van der Waals surface area contributed by atoms with E-state index in [1.54, 1.807) is 20.3 Å². The molecule has 0 saturated carbocycles. The minimum absolute atomic E-state index is 0.341. The number of aromatic nitrogens is 1. The highest BCUT2D eigenvalue weighted by molar-refractivity contribution is 5.72. The molecule has 0 bridgehead atoms. The van der Waals surface area contributed by atoms with Crippen molar-refractivity contribution in [1.82, 2.24) is 5.16 Å². The Hall–Kier alpha value is -2.17. The van der Waals surface area contributed by atoms with Crippen LogP contribution in [0, 0.1) is 0 Å². The predicted octanol–water partition coefficient (Wildman–Crippen LogP) is 2.50. The van der Waals surface area contributed by atoms with Gasteiger partial charge in [-0.05, 0) is 24.1 Å². The fourth-order valence-corrected chi connectivity index (χ4v) is 1.82. The van der Waals surface area contributed by atoms with Crippen molar-refractivity contribution in [1.29, 1.82) is 0 Å². The third-order valence-corrected chi connectivity index (χ3v) is 2.74. The van der Waals surface area contributed by atoms with Gasteiger partial charge in [-0.2, -0.15) is 0 Å². The lowest BCUT2D eigenvalue weighted by Gasteiger charge is -2.12. The second kappa shape index (κ2) is 5.00. The van der Waals surface area contributed by atoms with Gasteiger partial charge >= 0.3 is 0 Å². The van der Waals surface area contributed by atoms with Gasteiger partial charge in [0, 0.05) is 6.07 Å². The van der Waals surface area contributed by atoms with Crippen molar-refractivity contribution >= 4 is 5.82 Å². The van der Waals surface area contributed by atoms with Crippen molar-refractivity contribution in [2.24, 2.45) is 0 Å². The molecule has 0 aliphatic carbocycles. The van der Waals surface area contributed by atoms with E-state index in [2.05, 4.69) is 12.1 Å². The lowest BCUT2D eigenvalue weighted by atomic mass is 10.0. The molecule has 1 aromatic carbocycles. The summed E-state index contributed by atoms with van der Waals surface area (Å²) >= 11 is 0. The smallest absolute Gasteiger partial charge is 0.172 e. The average molecular weight is 248 g/mol. The van der Waals surface area contributed by atoms with E-state index < -0.39 is 0 Å². The molecule has 5 nitrogen and oxygen atoms in total. The molecule has 0 spiro atoms. The Morgan fingerprint density at radius 2 is 2.00 bits per heavy atom. The van der Waals surface area contributed by atoms with Crippen LogP contribution in [0.25, 0.3) is 11.3 Å². The van der Waals surface area contributed by atoms with Gasteiger partial charge in [0.1, 0.15) is 0 Å². The number of hydrogen-bond donors (Lipinski definition) is 1. The Kier molecular flexibility index (Phi) is 3.41. The van der Waals surface area contributed by atoms with Gasteiger partial charge in [0.25, 0.3) is 0 Å². The number of hydrogen-bond acceptors (Lipinski definition) is 5. The van der Waals surface area contributed by atoms with Crippen LogP contribution in [0.2, 0.25) is 0 Å². The Morgan fingerprint density at radius 1 is 1.22 bits per heavy atom. The van der Waals surface area contributed by atoms with Crippen LogP contribution in [-0.2, 0) is 6.42 Å². The van der Waals surface area contributed by atoms with Crippen molar-refractivity contribution in [3.63, 3.8) is 0 Å². The molecule has 5 heteroatoms. The van der Waals surface area contributed by atoms with Crippen LogP contribution in [-0.4, -0.2) is 19.4 Å². The monoisotopic (exact) mass is 248 g/mol. The zero-order valence-corrected chi connectivity index (χ0v) is 10.7. The number of methoxy groups -OCH3 is 2. The molecular weight excluding hydrogens is 232 g/mol. The van der Waals surface area contributed by atoms with Crippen molar-refractivity contribution in [2.45, 2.75) is 13.3 Å². The van der Waals surface area contributed by atoms with Crippen LogP contribution in [0.5, 0.6) is 11.5 Å². The van der Waals surface area contributed by atoms with Crippen LogP contribution in [0.3, 0.4) is 0 Å². The summed E-state index contributed by atoms with van der Waals surface area (Å²) in [5.74, 6) is 2.19. The van der Waals surface area contributed by atoms with E-state index in [0.29, 0.717) is 23.1 Å². The molecule has 0 radical (unpaired) electrons. The van der Waals surface area contributed by atoms with E-state index in [1.807, 2.05) is 12.1 Å². The van der Waals surface area contributed by atoms with Crippen molar-refractivity contribution in [2.75, 3.05) is 20.0 Å². The maximum Gasteiger partial charge on any atom is 0.172 e. The molecule has 96 valence electrons. The van der Waals surface area contributed by atoms with Crippen molar-refractivity contribution < 1.29 is 14.0 Å². The fraction of sp³-hybridized carbons (Fsp3) is 0.308. The maximum atomic E-state index is 5.57. The second-order valence-electron chi connectivity index (χ2n) is 3.85.